The van der Waals surface area contributed by atoms with E-state index in [9.17, 15) is 8.42 Å². The minimum absolute atomic E-state index is 0. The number of nitrogens with two attached hydrogens (primary N) is 1. The predicted octanol–water partition coefficient (Wildman–Crippen LogP) is 0.948. The first-order valence-corrected chi connectivity index (χ1v) is 7.15. The van der Waals surface area contributed by atoms with E-state index in [1.54, 1.807) is 0 Å². The van der Waals surface area contributed by atoms with Crippen LogP contribution in [0.3, 0.4) is 0 Å². The Balaban J connectivity index is 0.00000180. The van der Waals surface area contributed by atoms with Crippen molar-refractivity contribution in [3.8, 4) is 6.07 Å². The molecule has 1 aliphatic rings. The molecule has 2 rings (SSSR count). The summed E-state index contributed by atoms with van der Waals surface area (Å²) in [5.41, 5.74) is 6.28. The molecule has 1 heterocycles. The van der Waals surface area contributed by atoms with Gasteiger partial charge < -0.3 is 5.73 Å². The number of nitrogens with zero attached hydrogens (tertiary/aromatic N) is 2. The first kappa shape index (κ1) is 15.9. The predicted molar refractivity (Wildman–Crippen MR) is 74.3 cm³/mol. The Kier molecular flexibility index (Phi) is 4.93. The highest BCUT2D eigenvalue weighted by molar-refractivity contribution is 7.89. The summed E-state index contributed by atoms with van der Waals surface area (Å²) in [4.78, 5) is 0.211. The number of sulfonamides is 1. The van der Waals surface area contributed by atoms with Crippen molar-refractivity contribution in [1.29, 1.82) is 5.26 Å². The van der Waals surface area contributed by atoms with Gasteiger partial charge in [0, 0.05) is 19.1 Å². The molecule has 2 unspecified atom stereocenters. The van der Waals surface area contributed by atoms with Crippen molar-refractivity contribution in [3.63, 3.8) is 0 Å². The highest BCUT2D eigenvalue weighted by Gasteiger charge is 2.35. The minimum atomic E-state index is -3.49. The van der Waals surface area contributed by atoms with Crippen LogP contribution < -0.4 is 5.73 Å². The summed E-state index contributed by atoms with van der Waals surface area (Å²) < 4.78 is 26.0. The quantitative estimate of drug-likeness (QED) is 0.881. The second-order valence-electron chi connectivity index (χ2n) is 4.60. The van der Waals surface area contributed by atoms with Gasteiger partial charge in [0.1, 0.15) is 0 Å². The summed E-state index contributed by atoms with van der Waals surface area (Å²) in [5, 5.41) is 8.69. The van der Waals surface area contributed by atoms with Gasteiger partial charge in [-0.25, -0.2) is 8.42 Å². The molecule has 2 N–H and O–H groups in total. The monoisotopic (exact) mass is 301 g/mol. The van der Waals surface area contributed by atoms with Crippen LogP contribution in [0.25, 0.3) is 0 Å². The molecule has 1 aromatic rings. The molecule has 0 radical (unpaired) electrons. The number of hydrogen-bond acceptors (Lipinski definition) is 4. The number of halogens is 1. The fraction of sp³-hybridized carbons (Fsp3) is 0.417. The van der Waals surface area contributed by atoms with Crippen molar-refractivity contribution < 1.29 is 8.42 Å². The zero-order valence-electron chi connectivity index (χ0n) is 10.5. The molecule has 5 nitrogen and oxygen atoms in total. The van der Waals surface area contributed by atoms with Crippen molar-refractivity contribution in [1.82, 2.24) is 4.31 Å². The number of hydrogen-bond donors (Lipinski definition) is 1. The van der Waals surface area contributed by atoms with Gasteiger partial charge in [0.2, 0.25) is 10.0 Å². The zero-order valence-corrected chi connectivity index (χ0v) is 12.1. The van der Waals surface area contributed by atoms with Crippen LogP contribution >= 0.6 is 12.4 Å². The molecule has 19 heavy (non-hydrogen) atoms. The van der Waals surface area contributed by atoms with Crippen molar-refractivity contribution in [3.05, 3.63) is 29.8 Å². The van der Waals surface area contributed by atoms with Crippen LogP contribution in [0.1, 0.15) is 12.5 Å². The highest BCUT2D eigenvalue weighted by Crippen LogP contribution is 2.23. The van der Waals surface area contributed by atoms with Crippen LogP contribution in [0, 0.1) is 17.2 Å². The maximum Gasteiger partial charge on any atom is 0.243 e. The molecule has 2 atom stereocenters. The highest BCUT2D eigenvalue weighted by atomic mass is 35.5. The fourth-order valence-corrected chi connectivity index (χ4v) is 3.57. The number of rotatable bonds is 2. The van der Waals surface area contributed by atoms with E-state index in [2.05, 4.69) is 0 Å². The fourth-order valence-electron chi connectivity index (χ4n) is 1.99. The van der Waals surface area contributed by atoms with Gasteiger partial charge in [-0.05, 0) is 30.2 Å². The third-order valence-electron chi connectivity index (χ3n) is 3.26. The molecule has 0 bridgehead atoms. The van der Waals surface area contributed by atoms with E-state index in [1.807, 2.05) is 13.0 Å². The molecule has 7 heteroatoms. The van der Waals surface area contributed by atoms with Gasteiger partial charge in [0.05, 0.1) is 16.5 Å². The minimum Gasteiger partial charge on any atom is -0.326 e. The average Bonchev–Trinajstić information content (AvgIpc) is 2.70. The van der Waals surface area contributed by atoms with E-state index in [0.717, 1.165) is 0 Å². The molecular formula is C12H16ClN3O2S. The van der Waals surface area contributed by atoms with Crippen LogP contribution in [-0.4, -0.2) is 31.9 Å². The second kappa shape index (κ2) is 5.88. The SMILES string of the molecule is CC1CN(S(=O)(=O)c2ccc(C#N)cc2)CC1N.Cl. The molecule has 0 spiro atoms. The largest absolute Gasteiger partial charge is 0.326 e. The number of nitriles is 1. The molecule has 0 aliphatic carbocycles. The van der Waals surface area contributed by atoms with E-state index in [1.165, 1.54) is 28.6 Å². The van der Waals surface area contributed by atoms with E-state index >= 15 is 0 Å². The van der Waals surface area contributed by atoms with E-state index < -0.39 is 10.0 Å². The molecule has 1 saturated heterocycles. The van der Waals surface area contributed by atoms with Gasteiger partial charge in [-0.1, -0.05) is 6.92 Å². The maximum atomic E-state index is 12.3. The van der Waals surface area contributed by atoms with Crippen LogP contribution in [0.15, 0.2) is 29.2 Å². The molecule has 1 aliphatic heterocycles. The molecule has 0 saturated carbocycles. The van der Waals surface area contributed by atoms with Crippen molar-refractivity contribution in [2.45, 2.75) is 17.9 Å². The first-order chi connectivity index (χ1) is 8.45. The van der Waals surface area contributed by atoms with Crippen LogP contribution in [0.4, 0.5) is 0 Å². The second-order valence-corrected chi connectivity index (χ2v) is 6.54. The van der Waals surface area contributed by atoms with E-state index in [-0.39, 0.29) is 29.3 Å². The lowest BCUT2D eigenvalue weighted by molar-refractivity contribution is 0.464. The summed E-state index contributed by atoms with van der Waals surface area (Å²) in [6.45, 7) is 2.74. The third-order valence-corrected chi connectivity index (χ3v) is 5.10. The van der Waals surface area contributed by atoms with Crippen LogP contribution in [0.2, 0.25) is 0 Å². The Morgan fingerprint density at radius 1 is 1.32 bits per heavy atom. The summed E-state index contributed by atoms with van der Waals surface area (Å²) >= 11 is 0. The standard InChI is InChI=1S/C12H15N3O2S.ClH/c1-9-7-15(8-12(9)14)18(16,17)11-4-2-10(6-13)3-5-11;/h2-5,9,12H,7-8,14H2,1H3;1H. The van der Waals surface area contributed by atoms with Gasteiger partial charge in [0.15, 0.2) is 0 Å². The van der Waals surface area contributed by atoms with Crippen LogP contribution in [0.5, 0.6) is 0 Å². The summed E-state index contributed by atoms with van der Waals surface area (Å²) in [6.07, 6.45) is 0. The Bertz CT molecular complexity index is 570. The molecular weight excluding hydrogens is 286 g/mol. The Morgan fingerprint density at radius 2 is 1.89 bits per heavy atom. The lowest BCUT2D eigenvalue weighted by Gasteiger charge is -2.15. The third kappa shape index (κ3) is 3.07. The molecule has 0 amide bonds. The summed E-state index contributed by atoms with van der Waals surface area (Å²) in [5.74, 6) is 0.165. The topological polar surface area (TPSA) is 87.2 Å². The molecule has 1 aromatic carbocycles. The average molecular weight is 302 g/mol. The molecule has 0 aromatic heterocycles. The number of benzene rings is 1. The zero-order chi connectivity index (χ0) is 13.3. The smallest absolute Gasteiger partial charge is 0.243 e. The van der Waals surface area contributed by atoms with Gasteiger partial charge in [-0.3, -0.25) is 0 Å². The van der Waals surface area contributed by atoms with Gasteiger partial charge >= 0.3 is 0 Å². The van der Waals surface area contributed by atoms with Gasteiger partial charge in [-0.15, -0.1) is 12.4 Å². The van der Waals surface area contributed by atoms with Crippen LogP contribution in [-0.2, 0) is 10.0 Å². The normalized spacial score (nSPS) is 23.6. The maximum absolute atomic E-state index is 12.3. The molecule has 104 valence electrons. The Morgan fingerprint density at radius 3 is 2.32 bits per heavy atom. The lowest BCUT2D eigenvalue weighted by Crippen LogP contribution is -2.32. The summed E-state index contributed by atoms with van der Waals surface area (Å²) in [7, 11) is -3.49. The Hall–Kier alpha value is -1.13. The van der Waals surface area contributed by atoms with E-state index in [4.69, 9.17) is 11.0 Å². The van der Waals surface area contributed by atoms with Crippen molar-refractivity contribution >= 4 is 22.4 Å². The van der Waals surface area contributed by atoms with Gasteiger partial charge in [0.25, 0.3) is 0 Å². The van der Waals surface area contributed by atoms with E-state index in [0.29, 0.717) is 18.7 Å². The lowest BCUT2D eigenvalue weighted by atomic mass is 10.1. The van der Waals surface area contributed by atoms with Crippen molar-refractivity contribution in [2.75, 3.05) is 13.1 Å². The van der Waals surface area contributed by atoms with Gasteiger partial charge in [-0.2, -0.15) is 9.57 Å². The molecule has 1 fully saturated rings. The first-order valence-electron chi connectivity index (χ1n) is 5.71. The van der Waals surface area contributed by atoms with Crippen molar-refractivity contribution in [2.24, 2.45) is 11.7 Å². The Labute approximate surface area is 119 Å². The summed E-state index contributed by atoms with van der Waals surface area (Å²) in [6, 6.07) is 7.78.